The van der Waals surface area contributed by atoms with Crippen LogP contribution in [0, 0.1) is 17.2 Å². The number of likely N-dealkylation sites (N-methyl/N-ethyl adjacent to an activating group) is 1. The van der Waals surface area contributed by atoms with E-state index in [0.29, 0.717) is 40.4 Å². The molecule has 15 nitrogen and oxygen atoms in total. The highest BCUT2D eigenvalue weighted by Crippen LogP contribution is 2.37. The number of hydrogen-bond donors (Lipinski definition) is 4. The first-order valence-corrected chi connectivity index (χ1v) is 16.7. The SMILES string of the molecule is CCc1cc(Nc2nccn3c(-c4cn(CC#N)nc4C(F)(F)F)cnc23)ccc1C(=O)NCCCCC[N+](C)(CC(=O)O)CC1CNC1.O=C[O-]. The zero-order valence-electron chi connectivity index (χ0n) is 28.8. The van der Waals surface area contributed by atoms with E-state index in [1.165, 1.54) is 29.2 Å². The molecule has 0 bridgehead atoms. The Morgan fingerprint density at radius 3 is 2.62 bits per heavy atom. The first-order valence-electron chi connectivity index (χ1n) is 16.7. The topological polar surface area (TPSA) is 202 Å². The van der Waals surface area contributed by atoms with Crippen LogP contribution in [0.1, 0.15) is 47.8 Å². The molecular formula is C34H41F3N10O5. The Kier molecular flexibility index (Phi) is 13.3. The number of rotatable bonds is 16. The van der Waals surface area contributed by atoms with Crippen molar-refractivity contribution in [3.63, 3.8) is 0 Å². The first-order chi connectivity index (χ1) is 24.8. The number of carboxylic acids is 1. The molecule has 0 spiro atoms. The summed E-state index contributed by atoms with van der Waals surface area (Å²) in [5.74, 6) is -0.175. The summed E-state index contributed by atoms with van der Waals surface area (Å²) in [6.45, 7) is 5.18. The van der Waals surface area contributed by atoms with Gasteiger partial charge in [0.15, 0.2) is 23.7 Å². The summed E-state index contributed by atoms with van der Waals surface area (Å²) >= 11 is 0. The van der Waals surface area contributed by atoms with Crippen LogP contribution in [0.4, 0.5) is 24.7 Å². The molecule has 0 radical (unpaired) electrons. The maximum absolute atomic E-state index is 13.8. The predicted molar refractivity (Wildman–Crippen MR) is 181 cm³/mol. The molecule has 1 atom stereocenters. The molecule has 4 aromatic rings. The maximum atomic E-state index is 13.8. The van der Waals surface area contributed by atoms with Crippen molar-refractivity contribution in [3.05, 3.63) is 59.8 Å². The van der Waals surface area contributed by atoms with Crippen LogP contribution in [0.15, 0.2) is 43.0 Å². The lowest BCUT2D eigenvalue weighted by molar-refractivity contribution is -0.906. The van der Waals surface area contributed by atoms with Gasteiger partial charge in [-0.25, -0.2) is 14.8 Å². The van der Waals surface area contributed by atoms with Gasteiger partial charge in [0.05, 0.1) is 43.7 Å². The molecule has 18 heteroatoms. The van der Waals surface area contributed by atoms with Gasteiger partial charge in [-0.15, -0.1) is 0 Å². The molecule has 1 unspecified atom stereocenters. The van der Waals surface area contributed by atoms with Crippen molar-refractivity contribution in [2.45, 2.75) is 45.3 Å². The van der Waals surface area contributed by atoms with Crippen LogP contribution < -0.4 is 21.1 Å². The molecule has 1 aromatic carbocycles. The highest BCUT2D eigenvalue weighted by atomic mass is 19.4. The third kappa shape index (κ3) is 10.0. The number of nitriles is 1. The number of carbonyl (C=O) groups excluding carboxylic acids is 2. The number of benzene rings is 1. The molecule has 1 saturated heterocycles. The largest absolute Gasteiger partial charge is 0.554 e. The maximum Gasteiger partial charge on any atom is 0.435 e. The number of unbranched alkanes of at least 4 members (excludes halogenated alkanes) is 2. The van der Waals surface area contributed by atoms with E-state index in [0.717, 1.165) is 55.7 Å². The normalized spacial score (nSPS) is 14.0. The molecule has 0 saturated carbocycles. The third-order valence-electron chi connectivity index (χ3n) is 8.70. The summed E-state index contributed by atoms with van der Waals surface area (Å²) in [7, 11) is 2.00. The monoisotopic (exact) mass is 726 g/mol. The van der Waals surface area contributed by atoms with Crippen molar-refractivity contribution in [1.29, 1.82) is 5.26 Å². The molecule has 1 aliphatic heterocycles. The van der Waals surface area contributed by atoms with Crippen molar-refractivity contribution in [1.82, 2.24) is 34.8 Å². The molecule has 4 N–H and O–H groups in total. The number of aromatic nitrogens is 5. The Labute approximate surface area is 297 Å². The highest BCUT2D eigenvalue weighted by molar-refractivity contribution is 5.96. The number of hydrogen-bond acceptors (Lipinski definition) is 10. The van der Waals surface area contributed by atoms with Gasteiger partial charge in [0, 0.05) is 61.9 Å². The second-order valence-electron chi connectivity index (χ2n) is 12.7. The number of carbonyl (C=O) groups is 3. The van der Waals surface area contributed by atoms with Crippen LogP contribution >= 0.6 is 0 Å². The fourth-order valence-electron chi connectivity index (χ4n) is 6.26. The Morgan fingerprint density at radius 2 is 1.98 bits per heavy atom. The number of nitrogens with zero attached hydrogens (tertiary/aromatic N) is 7. The number of aryl methyl sites for hydroxylation is 1. The molecule has 52 heavy (non-hydrogen) atoms. The average Bonchev–Trinajstić information content (AvgIpc) is 3.70. The van der Waals surface area contributed by atoms with Crippen molar-refractivity contribution in [3.8, 4) is 17.3 Å². The van der Waals surface area contributed by atoms with Crippen molar-refractivity contribution >= 4 is 35.5 Å². The number of alkyl halides is 3. The van der Waals surface area contributed by atoms with Gasteiger partial charge in [0.25, 0.3) is 5.91 Å². The lowest BCUT2D eigenvalue weighted by atomic mass is 10.0. The second kappa shape index (κ2) is 17.6. The zero-order chi connectivity index (χ0) is 37.9. The summed E-state index contributed by atoms with van der Waals surface area (Å²) in [5, 5.41) is 39.6. The van der Waals surface area contributed by atoms with Crippen molar-refractivity contribution < 1.29 is 42.3 Å². The quantitative estimate of drug-likeness (QED) is 0.0751. The Balaban J connectivity index is 0.00000195. The number of nitrogens with one attached hydrogen (secondary N) is 3. The van der Waals surface area contributed by atoms with Crippen LogP contribution in [0.3, 0.4) is 0 Å². The molecule has 1 aliphatic rings. The van der Waals surface area contributed by atoms with E-state index < -0.39 is 24.3 Å². The summed E-state index contributed by atoms with van der Waals surface area (Å²) in [4.78, 5) is 41.5. The van der Waals surface area contributed by atoms with Gasteiger partial charge < -0.3 is 35.4 Å². The van der Waals surface area contributed by atoms with Gasteiger partial charge >= 0.3 is 12.1 Å². The van der Waals surface area contributed by atoms with Gasteiger partial charge in [-0.05, 0) is 49.4 Å². The van der Waals surface area contributed by atoms with Gasteiger partial charge in [-0.1, -0.05) is 6.92 Å². The van der Waals surface area contributed by atoms with Crippen LogP contribution in [-0.4, -0.2) is 98.4 Å². The number of halogens is 3. The third-order valence-corrected chi connectivity index (χ3v) is 8.70. The Bertz CT molecular complexity index is 1900. The standard InChI is InChI=1S/C33H39F3N10O3.CH2O2/c1-3-23-15-24(7-8-25(23)32(49)40-10-5-4-6-14-46(2,21-28(47)48)20-22-16-38-17-22)42-30-31-41-18-27(45(31)13-11-39-30)26-19-44(12-9-37)43-29(26)33(34,35)36;2-1-3/h7-8,11,13,15,18-19,22,38H,3-6,10,12,14,16-17,20-21H2,1-2H3,(H2-,39,40,42,47,48,49);1H,(H,2,3). The van der Waals surface area contributed by atoms with Crippen LogP contribution in [0.5, 0.6) is 0 Å². The Morgan fingerprint density at radius 1 is 1.23 bits per heavy atom. The smallest absolute Gasteiger partial charge is 0.435 e. The van der Waals surface area contributed by atoms with Crippen LogP contribution in [-0.2, 0) is 28.7 Å². The number of quaternary nitrogens is 1. The van der Waals surface area contributed by atoms with Crippen molar-refractivity contribution in [2.75, 3.05) is 51.6 Å². The number of anilines is 2. The lowest BCUT2D eigenvalue weighted by Crippen LogP contribution is -2.57. The number of imidazole rings is 1. The fourth-order valence-corrected chi connectivity index (χ4v) is 6.26. The minimum Gasteiger partial charge on any atom is -0.554 e. The minimum atomic E-state index is -4.74. The molecule has 4 heterocycles. The predicted octanol–water partition coefficient (Wildman–Crippen LogP) is 2.46. The summed E-state index contributed by atoms with van der Waals surface area (Å²) in [5.41, 5.74) is 1.04. The number of fused-ring (bicyclic) bond motifs is 1. The van der Waals surface area contributed by atoms with E-state index in [4.69, 9.17) is 15.2 Å². The van der Waals surface area contributed by atoms with Crippen LogP contribution in [0.2, 0.25) is 0 Å². The molecule has 5 rings (SSSR count). The van der Waals surface area contributed by atoms with E-state index in [9.17, 15) is 27.9 Å². The van der Waals surface area contributed by atoms with E-state index >= 15 is 0 Å². The van der Waals surface area contributed by atoms with E-state index in [1.54, 1.807) is 18.2 Å². The van der Waals surface area contributed by atoms with E-state index in [-0.39, 0.29) is 35.9 Å². The molecule has 3 aromatic heterocycles. The molecule has 1 amide bonds. The fraction of sp³-hybridized carbons (Fsp3) is 0.441. The minimum absolute atomic E-state index is 0.103. The summed E-state index contributed by atoms with van der Waals surface area (Å²) < 4.78 is 44.3. The lowest BCUT2D eigenvalue weighted by Gasteiger charge is -2.39. The van der Waals surface area contributed by atoms with Gasteiger partial charge in [0.2, 0.25) is 0 Å². The van der Waals surface area contributed by atoms with Crippen LogP contribution in [0.25, 0.3) is 16.9 Å². The average molecular weight is 727 g/mol. The Hall–Kier alpha value is -5.54. The zero-order valence-corrected chi connectivity index (χ0v) is 28.8. The number of aliphatic carboxylic acids is 1. The molecular weight excluding hydrogens is 685 g/mol. The molecule has 1 fully saturated rings. The number of amides is 1. The second-order valence-corrected chi connectivity index (χ2v) is 12.7. The highest BCUT2D eigenvalue weighted by Gasteiger charge is 2.38. The number of carboxylic acid groups (broad SMARTS) is 2. The van der Waals surface area contributed by atoms with Gasteiger partial charge in [-0.2, -0.15) is 23.5 Å². The summed E-state index contributed by atoms with van der Waals surface area (Å²) in [6, 6.07) is 7.08. The first kappa shape index (κ1) is 39.2. The van der Waals surface area contributed by atoms with E-state index in [1.807, 2.05) is 20.0 Å². The molecule has 278 valence electrons. The summed E-state index contributed by atoms with van der Waals surface area (Å²) in [6.07, 6.45) is 3.76. The molecule has 0 aliphatic carbocycles. The van der Waals surface area contributed by atoms with Gasteiger partial charge in [-0.3, -0.25) is 13.9 Å². The van der Waals surface area contributed by atoms with E-state index in [2.05, 4.69) is 31.0 Å². The van der Waals surface area contributed by atoms with Gasteiger partial charge in [0.1, 0.15) is 6.54 Å². The van der Waals surface area contributed by atoms with Crippen molar-refractivity contribution in [2.24, 2.45) is 5.92 Å².